The van der Waals surface area contributed by atoms with Gasteiger partial charge in [-0.05, 0) is 87.8 Å². The number of halogens is 1. The van der Waals surface area contributed by atoms with Crippen molar-refractivity contribution >= 4 is 33.4 Å². The highest BCUT2D eigenvalue weighted by Gasteiger charge is 2.62. The normalized spacial score (nSPS) is 35.0. The third kappa shape index (κ3) is 3.38. The fourth-order valence-electron chi connectivity index (χ4n) is 6.75. The number of primary amides is 1. The van der Waals surface area contributed by atoms with Crippen molar-refractivity contribution in [3.63, 3.8) is 0 Å². The monoisotopic (exact) mass is 465 g/mol. The summed E-state index contributed by atoms with van der Waals surface area (Å²) in [7, 11) is -3.91. The summed E-state index contributed by atoms with van der Waals surface area (Å²) in [5.41, 5.74) is 4.11. The van der Waals surface area contributed by atoms with Crippen LogP contribution in [0.2, 0.25) is 5.02 Å². The summed E-state index contributed by atoms with van der Waals surface area (Å²) in [5, 5.41) is 3.57. The van der Waals surface area contributed by atoms with Crippen LogP contribution in [0.4, 0.5) is 0 Å². The summed E-state index contributed by atoms with van der Waals surface area (Å²) in [4.78, 5) is 25.8. The summed E-state index contributed by atoms with van der Waals surface area (Å²) in [6.07, 6.45) is 5.82. The maximum atomic E-state index is 13.4. The fourth-order valence-corrected chi connectivity index (χ4v) is 8.67. The van der Waals surface area contributed by atoms with Crippen molar-refractivity contribution in [3.05, 3.63) is 28.8 Å². The second-order valence-electron chi connectivity index (χ2n) is 10.4. The first kappa shape index (κ1) is 21.2. The van der Waals surface area contributed by atoms with Gasteiger partial charge in [0.15, 0.2) is 0 Å². The standard InChI is InChI=1S/C22H28ClN3O4S/c1-13-16(23)3-2-4-17(13)31(29,30)26-22(5-6-22)19(28)25-21-10-14-7-15(11-21)9-20(8-14,12-21)18(24)27/h2-4,14-15,26H,5-12H2,1H3,(H2,24,27)(H,25,28). The maximum Gasteiger partial charge on any atom is 0.241 e. The van der Waals surface area contributed by atoms with Crippen LogP contribution in [0.25, 0.3) is 0 Å². The van der Waals surface area contributed by atoms with E-state index in [1.807, 2.05) is 0 Å². The van der Waals surface area contributed by atoms with E-state index in [0.717, 1.165) is 32.1 Å². The minimum atomic E-state index is -3.91. The largest absolute Gasteiger partial charge is 0.369 e. The number of carbonyl (C=O) groups is 2. The second-order valence-corrected chi connectivity index (χ2v) is 12.4. The van der Waals surface area contributed by atoms with Gasteiger partial charge < -0.3 is 11.1 Å². The third-order valence-electron chi connectivity index (χ3n) is 7.98. The number of sulfonamides is 1. The molecular weight excluding hydrogens is 438 g/mol. The molecule has 0 heterocycles. The van der Waals surface area contributed by atoms with Gasteiger partial charge in [0.1, 0.15) is 5.54 Å². The number of benzene rings is 1. The molecule has 1 aromatic rings. The van der Waals surface area contributed by atoms with Crippen LogP contribution in [0.3, 0.4) is 0 Å². The molecule has 9 heteroatoms. The van der Waals surface area contributed by atoms with Gasteiger partial charge in [-0.25, -0.2) is 8.42 Å². The van der Waals surface area contributed by atoms with Gasteiger partial charge >= 0.3 is 0 Å². The quantitative estimate of drug-likeness (QED) is 0.597. The lowest BCUT2D eigenvalue weighted by atomic mass is 9.46. The lowest BCUT2D eigenvalue weighted by molar-refractivity contribution is -0.151. The predicted octanol–water partition coefficient (Wildman–Crippen LogP) is 2.40. The molecule has 7 nitrogen and oxygen atoms in total. The molecule has 2 amide bonds. The number of nitrogens with one attached hydrogen (secondary N) is 2. The first-order chi connectivity index (χ1) is 14.5. The molecule has 0 saturated heterocycles. The van der Waals surface area contributed by atoms with Crippen LogP contribution in [-0.2, 0) is 19.6 Å². The Kier molecular flexibility index (Phi) is 4.57. The number of amides is 2. The molecular formula is C22H28ClN3O4S. The van der Waals surface area contributed by atoms with Crippen molar-refractivity contribution in [1.82, 2.24) is 10.0 Å². The molecule has 0 spiro atoms. The molecule has 4 bridgehead atoms. The molecule has 5 aliphatic carbocycles. The molecule has 168 valence electrons. The predicted molar refractivity (Wildman–Crippen MR) is 116 cm³/mol. The van der Waals surface area contributed by atoms with Crippen molar-refractivity contribution in [2.45, 2.75) is 74.3 Å². The van der Waals surface area contributed by atoms with Crippen molar-refractivity contribution < 1.29 is 18.0 Å². The van der Waals surface area contributed by atoms with Crippen molar-refractivity contribution in [1.29, 1.82) is 0 Å². The Bertz CT molecular complexity index is 1070. The van der Waals surface area contributed by atoms with Gasteiger partial charge in [-0.2, -0.15) is 4.72 Å². The Morgan fingerprint density at radius 1 is 1.13 bits per heavy atom. The van der Waals surface area contributed by atoms with E-state index < -0.39 is 26.5 Å². The molecule has 5 saturated carbocycles. The van der Waals surface area contributed by atoms with Crippen molar-refractivity contribution in [2.75, 3.05) is 0 Å². The molecule has 1 aromatic carbocycles. The SMILES string of the molecule is Cc1c(Cl)cccc1S(=O)(=O)NC1(C(=O)NC23CC4CC(C2)CC(C(N)=O)(C4)C3)CC1. The van der Waals surface area contributed by atoms with Gasteiger partial charge in [0.05, 0.1) is 10.3 Å². The number of hydrogen-bond donors (Lipinski definition) is 3. The molecule has 6 rings (SSSR count). The molecule has 4 N–H and O–H groups in total. The topological polar surface area (TPSA) is 118 Å². The van der Waals surface area contributed by atoms with E-state index in [2.05, 4.69) is 10.0 Å². The number of rotatable bonds is 6. The average Bonchev–Trinajstić information content (AvgIpc) is 3.42. The number of hydrogen-bond acceptors (Lipinski definition) is 4. The number of carbonyl (C=O) groups excluding carboxylic acids is 2. The Balaban J connectivity index is 1.37. The van der Waals surface area contributed by atoms with Gasteiger partial charge in [-0.1, -0.05) is 17.7 Å². The van der Waals surface area contributed by atoms with Gasteiger partial charge in [0.25, 0.3) is 0 Å². The molecule has 0 aliphatic heterocycles. The van der Waals surface area contributed by atoms with Gasteiger partial charge in [-0.15, -0.1) is 0 Å². The molecule has 31 heavy (non-hydrogen) atoms. The highest BCUT2D eigenvalue weighted by molar-refractivity contribution is 7.89. The summed E-state index contributed by atoms with van der Waals surface area (Å²) in [5.74, 6) is 0.209. The van der Waals surface area contributed by atoms with Gasteiger partial charge in [-0.3, -0.25) is 9.59 Å². The van der Waals surface area contributed by atoms with E-state index in [9.17, 15) is 18.0 Å². The highest BCUT2D eigenvalue weighted by Crippen LogP contribution is 2.61. The first-order valence-electron chi connectivity index (χ1n) is 10.9. The van der Waals surface area contributed by atoms with Crippen LogP contribution in [0.1, 0.15) is 56.9 Å². The molecule has 2 atom stereocenters. The smallest absolute Gasteiger partial charge is 0.241 e. The fraction of sp³-hybridized carbons (Fsp3) is 0.636. The maximum absolute atomic E-state index is 13.4. The molecule has 0 aromatic heterocycles. The van der Waals surface area contributed by atoms with Crippen LogP contribution < -0.4 is 15.8 Å². The zero-order chi connectivity index (χ0) is 22.2. The van der Waals surface area contributed by atoms with Crippen molar-refractivity contribution in [2.24, 2.45) is 23.0 Å². The first-order valence-corrected chi connectivity index (χ1v) is 12.8. The van der Waals surface area contributed by atoms with E-state index >= 15 is 0 Å². The van der Waals surface area contributed by atoms with E-state index in [-0.39, 0.29) is 16.7 Å². The zero-order valence-corrected chi connectivity index (χ0v) is 19.1. The Labute approximate surface area is 187 Å². The van der Waals surface area contributed by atoms with Crippen molar-refractivity contribution in [3.8, 4) is 0 Å². The summed E-state index contributed by atoms with van der Waals surface area (Å²) in [6.45, 7) is 1.65. The zero-order valence-electron chi connectivity index (χ0n) is 17.5. The van der Waals surface area contributed by atoms with E-state index in [1.165, 1.54) is 6.07 Å². The Hall–Kier alpha value is -1.64. The Morgan fingerprint density at radius 2 is 1.77 bits per heavy atom. The van der Waals surface area contributed by atoms with Crippen LogP contribution in [0.5, 0.6) is 0 Å². The minimum Gasteiger partial charge on any atom is -0.369 e. The van der Waals surface area contributed by atoms with E-state index in [0.29, 0.717) is 41.7 Å². The van der Waals surface area contributed by atoms with Crippen LogP contribution in [0, 0.1) is 24.2 Å². The summed E-state index contributed by atoms with van der Waals surface area (Å²) >= 11 is 6.10. The van der Waals surface area contributed by atoms with Crippen LogP contribution in [-0.4, -0.2) is 31.3 Å². The molecule has 5 aliphatic rings. The van der Waals surface area contributed by atoms with Gasteiger partial charge in [0.2, 0.25) is 21.8 Å². The Morgan fingerprint density at radius 3 is 2.35 bits per heavy atom. The molecule has 0 radical (unpaired) electrons. The average molecular weight is 466 g/mol. The van der Waals surface area contributed by atoms with E-state index in [4.69, 9.17) is 17.3 Å². The van der Waals surface area contributed by atoms with E-state index in [1.54, 1.807) is 19.1 Å². The summed E-state index contributed by atoms with van der Waals surface area (Å²) in [6, 6.07) is 4.71. The second kappa shape index (κ2) is 6.68. The lowest BCUT2D eigenvalue weighted by Crippen LogP contribution is -2.67. The molecule has 5 fully saturated rings. The minimum absolute atomic E-state index is 0.0848. The van der Waals surface area contributed by atoms with Crippen LogP contribution >= 0.6 is 11.6 Å². The summed E-state index contributed by atoms with van der Waals surface area (Å²) < 4.78 is 28.8. The molecule has 2 unspecified atom stereocenters. The highest BCUT2D eigenvalue weighted by atomic mass is 35.5. The third-order valence-corrected chi connectivity index (χ3v) is 10.1. The number of nitrogens with two attached hydrogens (primary N) is 1. The lowest BCUT2D eigenvalue weighted by Gasteiger charge is -2.61. The van der Waals surface area contributed by atoms with Gasteiger partial charge in [0, 0.05) is 10.6 Å². The van der Waals surface area contributed by atoms with Crippen LogP contribution in [0.15, 0.2) is 23.1 Å².